The smallest absolute Gasteiger partial charge is 0.125 e. The molecule has 1 aromatic rings. The fourth-order valence-electron chi connectivity index (χ4n) is 1.15. The van der Waals surface area contributed by atoms with Gasteiger partial charge in [-0.1, -0.05) is 18.2 Å². The van der Waals surface area contributed by atoms with Crippen LogP contribution in [0.4, 0.5) is 0 Å². The quantitative estimate of drug-likeness (QED) is 0.579. The third kappa shape index (κ3) is 0.693. The highest BCUT2D eigenvalue weighted by Crippen LogP contribution is 2.30. The zero-order valence-electron chi connectivity index (χ0n) is 5.45. The van der Waals surface area contributed by atoms with Gasteiger partial charge in [-0.3, -0.25) is 0 Å². The molecule has 2 heteroatoms. The van der Waals surface area contributed by atoms with Crippen LogP contribution in [0.15, 0.2) is 24.3 Å². The molecule has 52 valence electrons. The highest BCUT2D eigenvalue weighted by Gasteiger charge is 2.19. The largest absolute Gasteiger partial charge is 0.490 e. The summed E-state index contributed by atoms with van der Waals surface area (Å²) in [5, 5.41) is 9.26. The molecule has 0 spiro atoms. The van der Waals surface area contributed by atoms with E-state index in [1.807, 2.05) is 24.3 Å². The van der Waals surface area contributed by atoms with Gasteiger partial charge in [-0.05, 0) is 6.07 Å². The first kappa shape index (κ1) is 5.74. The first-order valence-corrected chi connectivity index (χ1v) is 3.28. The molecule has 0 unspecified atom stereocenters. The van der Waals surface area contributed by atoms with Gasteiger partial charge < -0.3 is 9.84 Å². The normalized spacial score (nSPS) is 21.9. The van der Waals surface area contributed by atoms with Crippen molar-refractivity contribution in [2.45, 2.75) is 6.10 Å². The van der Waals surface area contributed by atoms with Gasteiger partial charge >= 0.3 is 0 Å². The number of benzene rings is 1. The van der Waals surface area contributed by atoms with Gasteiger partial charge in [0, 0.05) is 5.56 Å². The van der Waals surface area contributed by atoms with Crippen molar-refractivity contribution in [3.63, 3.8) is 0 Å². The lowest BCUT2D eigenvalue weighted by Gasteiger charge is -1.96. The summed E-state index contributed by atoms with van der Waals surface area (Å²) in [4.78, 5) is 0. The Morgan fingerprint density at radius 3 is 3.00 bits per heavy atom. The van der Waals surface area contributed by atoms with Crippen molar-refractivity contribution >= 4 is 0 Å². The highest BCUT2D eigenvalue weighted by molar-refractivity contribution is 5.37. The van der Waals surface area contributed by atoms with E-state index in [-0.39, 0.29) is 0 Å². The van der Waals surface area contributed by atoms with Gasteiger partial charge in [0.1, 0.15) is 18.5 Å². The molecule has 2 rings (SSSR count). The maximum atomic E-state index is 9.26. The number of hydrogen-bond donors (Lipinski definition) is 1. The average Bonchev–Trinajstić information content (AvgIpc) is 2.34. The Kier molecular flexibility index (Phi) is 1.14. The Bertz CT molecular complexity index is 245. The maximum absolute atomic E-state index is 9.26. The Morgan fingerprint density at radius 2 is 2.20 bits per heavy atom. The Balaban J connectivity index is 2.51. The van der Waals surface area contributed by atoms with Crippen molar-refractivity contribution in [3.05, 3.63) is 29.8 Å². The molecule has 1 N–H and O–H groups in total. The molecule has 0 amide bonds. The number of para-hydroxylation sites is 1. The van der Waals surface area contributed by atoms with Crippen LogP contribution in [0.2, 0.25) is 0 Å². The molecule has 0 aromatic heterocycles. The van der Waals surface area contributed by atoms with Crippen LogP contribution in [0.3, 0.4) is 0 Å². The van der Waals surface area contributed by atoms with E-state index < -0.39 is 6.10 Å². The molecular formula is C8H8O2. The van der Waals surface area contributed by atoms with Crippen molar-refractivity contribution in [3.8, 4) is 5.75 Å². The Labute approximate surface area is 59.1 Å². The second kappa shape index (κ2) is 1.99. The SMILES string of the molecule is O[C@@H]1COc2ccccc21. The summed E-state index contributed by atoms with van der Waals surface area (Å²) in [6, 6.07) is 7.55. The number of aliphatic hydroxyl groups excluding tert-OH is 1. The van der Waals surface area contributed by atoms with Crippen LogP contribution < -0.4 is 4.74 Å². The van der Waals surface area contributed by atoms with Crippen LogP contribution in [-0.2, 0) is 0 Å². The molecule has 0 aliphatic carbocycles. The lowest BCUT2D eigenvalue weighted by molar-refractivity contribution is 0.140. The zero-order valence-corrected chi connectivity index (χ0v) is 5.45. The molecule has 1 aliphatic rings. The monoisotopic (exact) mass is 136 g/mol. The van der Waals surface area contributed by atoms with Crippen LogP contribution in [0.25, 0.3) is 0 Å². The van der Waals surface area contributed by atoms with E-state index >= 15 is 0 Å². The van der Waals surface area contributed by atoms with Crippen molar-refractivity contribution < 1.29 is 9.84 Å². The maximum Gasteiger partial charge on any atom is 0.125 e. The number of fused-ring (bicyclic) bond motifs is 1. The minimum atomic E-state index is -0.420. The van der Waals surface area contributed by atoms with Crippen molar-refractivity contribution in [2.24, 2.45) is 0 Å². The van der Waals surface area contributed by atoms with Crippen LogP contribution in [-0.4, -0.2) is 11.7 Å². The Hall–Kier alpha value is -1.02. The molecule has 2 nitrogen and oxygen atoms in total. The molecule has 0 bridgehead atoms. The van der Waals surface area contributed by atoms with E-state index in [9.17, 15) is 5.11 Å². The second-order valence-corrected chi connectivity index (χ2v) is 2.36. The summed E-state index contributed by atoms with van der Waals surface area (Å²) in [5.41, 5.74) is 0.905. The zero-order chi connectivity index (χ0) is 6.97. The molecule has 1 aliphatic heterocycles. The first-order chi connectivity index (χ1) is 4.88. The van der Waals surface area contributed by atoms with E-state index in [0.29, 0.717) is 6.61 Å². The van der Waals surface area contributed by atoms with Gasteiger partial charge in [0.15, 0.2) is 0 Å². The van der Waals surface area contributed by atoms with Crippen LogP contribution in [0, 0.1) is 0 Å². The minimum absolute atomic E-state index is 0.402. The molecule has 1 heterocycles. The van der Waals surface area contributed by atoms with E-state index in [0.717, 1.165) is 11.3 Å². The predicted molar refractivity (Wildman–Crippen MR) is 36.9 cm³/mol. The first-order valence-electron chi connectivity index (χ1n) is 3.28. The van der Waals surface area contributed by atoms with E-state index in [2.05, 4.69) is 0 Å². The molecule has 10 heavy (non-hydrogen) atoms. The summed E-state index contributed by atoms with van der Waals surface area (Å²) in [6.45, 7) is 0.402. The van der Waals surface area contributed by atoms with Crippen molar-refractivity contribution in [1.82, 2.24) is 0 Å². The van der Waals surface area contributed by atoms with E-state index in [1.165, 1.54) is 0 Å². The molecule has 1 atom stereocenters. The summed E-state index contributed by atoms with van der Waals surface area (Å²) < 4.78 is 5.16. The van der Waals surface area contributed by atoms with Crippen molar-refractivity contribution in [2.75, 3.05) is 6.61 Å². The number of rotatable bonds is 0. The van der Waals surface area contributed by atoms with E-state index in [4.69, 9.17) is 4.74 Å². The van der Waals surface area contributed by atoms with Crippen molar-refractivity contribution in [1.29, 1.82) is 0 Å². The molecule has 0 fully saturated rings. The van der Waals surface area contributed by atoms with Crippen LogP contribution >= 0.6 is 0 Å². The van der Waals surface area contributed by atoms with Gasteiger partial charge in [-0.2, -0.15) is 0 Å². The third-order valence-electron chi connectivity index (χ3n) is 1.67. The topological polar surface area (TPSA) is 29.5 Å². The summed E-state index contributed by atoms with van der Waals surface area (Å²) in [5.74, 6) is 0.815. The lowest BCUT2D eigenvalue weighted by atomic mass is 10.1. The van der Waals surface area contributed by atoms with Gasteiger partial charge in [0.25, 0.3) is 0 Å². The predicted octanol–water partition coefficient (Wildman–Crippen LogP) is 1.11. The van der Waals surface area contributed by atoms with Crippen LogP contribution in [0.1, 0.15) is 11.7 Å². The van der Waals surface area contributed by atoms with Gasteiger partial charge in [-0.15, -0.1) is 0 Å². The second-order valence-electron chi connectivity index (χ2n) is 2.36. The average molecular weight is 136 g/mol. The molecule has 1 aromatic carbocycles. The van der Waals surface area contributed by atoms with Gasteiger partial charge in [0.2, 0.25) is 0 Å². The number of hydrogen-bond acceptors (Lipinski definition) is 2. The van der Waals surface area contributed by atoms with E-state index in [1.54, 1.807) is 0 Å². The molecule has 0 saturated heterocycles. The van der Waals surface area contributed by atoms with Crippen LogP contribution in [0.5, 0.6) is 5.75 Å². The molecule has 0 saturated carbocycles. The molecular weight excluding hydrogens is 128 g/mol. The summed E-state index contributed by atoms with van der Waals surface area (Å²) >= 11 is 0. The highest BCUT2D eigenvalue weighted by atomic mass is 16.5. The summed E-state index contributed by atoms with van der Waals surface area (Å²) in [6.07, 6.45) is -0.420. The molecule has 0 radical (unpaired) electrons. The third-order valence-corrected chi connectivity index (χ3v) is 1.67. The minimum Gasteiger partial charge on any atom is -0.490 e. The lowest BCUT2D eigenvalue weighted by Crippen LogP contribution is -1.96. The standard InChI is InChI=1S/C8H8O2/c9-7-5-10-8-4-2-1-3-6(7)8/h1-4,7,9H,5H2/t7-/m1/s1. The van der Waals surface area contributed by atoms with Gasteiger partial charge in [-0.25, -0.2) is 0 Å². The van der Waals surface area contributed by atoms with Gasteiger partial charge in [0.05, 0.1) is 0 Å². The fraction of sp³-hybridized carbons (Fsp3) is 0.250. The fourth-order valence-corrected chi connectivity index (χ4v) is 1.15. The number of ether oxygens (including phenoxy) is 1. The Morgan fingerprint density at radius 1 is 1.40 bits per heavy atom. The summed E-state index contributed by atoms with van der Waals surface area (Å²) in [7, 11) is 0. The number of aliphatic hydroxyl groups is 1.